The van der Waals surface area contributed by atoms with E-state index in [0.29, 0.717) is 10.3 Å². The fraction of sp³-hybridized carbons (Fsp3) is 0.200. The second-order valence-corrected chi connectivity index (χ2v) is 11.5. The number of aliphatic hydroxyl groups is 1. The predicted octanol–water partition coefficient (Wildman–Crippen LogP) is 4.08. The molecule has 1 aromatic heterocycles. The topological polar surface area (TPSA) is 126 Å². The number of nitrogens with two attached hydrogens (primary N) is 1. The number of rotatable bonds is 5. The van der Waals surface area contributed by atoms with E-state index in [1.54, 1.807) is 12.1 Å². The van der Waals surface area contributed by atoms with Gasteiger partial charge in [0, 0.05) is 29.9 Å². The number of carbonyl (C=O) groups excluding carboxylic acids is 1. The molecule has 4 aromatic rings. The van der Waals surface area contributed by atoms with E-state index in [1.807, 2.05) is 0 Å². The SMILES string of the molecule is Nc1nc2c(S(=O)(=O)Nc3ccc(C(=O)N4CCC(O)(c5cccc(F)c5F)CC4)cc3)cccc2s1. The predicted molar refractivity (Wildman–Crippen MR) is 137 cm³/mol. The summed E-state index contributed by atoms with van der Waals surface area (Å²) in [5.74, 6) is -2.44. The Balaban J connectivity index is 1.27. The van der Waals surface area contributed by atoms with Crippen molar-refractivity contribution in [1.29, 1.82) is 0 Å². The molecule has 1 saturated heterocycles. The zero-order valence-corrected chi connectivity index (χ0v) is 21.0. The summed E-state index contributed by atoms with van der Waals surface area (Å²) in [5.41, 5.74) is 4.90. The first kappa shape index (κ1) is 25.1. The van der Waals surface area contributed by atoms with Crippen molar-refractivity contribution >= 4 is 48.3 Å². The number of likely N-dealkylation sites (tertiary alicyclic amines) is 1. The Morgan fingerprint density at radius 3 is 2.43 bits per heavy atom. The van der Waals surface area contributed by atoms with Crippen molar-refractivity contribution in [1.82, 2.24) is 9.88 Å². The Bertz CT molecular complexity index is 1600. The second-order valence-electron chi connectivity index (χ2n) is 8.76. The van der Waals surface area contributed by atoms with Crippen molar-refractivity contribution in [3.8, 4) is 0 Å². The number of piperidine rings is 1. The van der Waals surface area contributed by atoms with Crippen LogP contribution in [0.2, 0.25) is 0 Å². The standard InChI is InChI=1S/C25H22F2N4O4S2/c26-18-4-1-3-17(21(18)27)25(33)11-13-31(14-12-25)23(32)15-7-9-16(10-8-15)30-37(34,35)20-6-2-5-19-22(20)29-24(28)36-19/h1-10,30,33H,11-14H2,(H2,28,29). The van der Waals surface area contributed by atoms with E-state index in [1.165, 1.54) is 58.7 Å². The maximum Gasteiger partial charge on any atom is 0.264 e. The van der Waals surface area contributed by atoms with Gasteiger partial charge in [-0.25, -0.2) is 22.2 Å². The van der Waals surface area contributed by atoms with Gasteiger partial charge in [0.25, 0.3) is 15.9 Å². The molecule has 0 spiro atoms. The fourth-order valence-electron chi connectivity index (χ4n) is 4.44. The number of anilines is 2. The van der Waals surface area contributed by atoms with Crippen LogP contribution in [0.15, 0.2) is 65.6 Å². The highest BCUT2D eigenvalue weighted by Crippen LogP contribution is 2.35. The summed E-state index contributed by atoms with van der Waals surface area (Å²) >= 11 is 1.19. The summed E-state index contributed by atoms with van der Waals surface area (Å²) in [6, 6.07) is 14.4. The number of nitrogens with one attached hydrogen (secondary N) is 1. The minimum atomic E-state index is -3.97. The molecule has 3 aromatic carbocycles. The Morgan fingerprint density at radius 2 is 1.73 bits per heavy atom. The molecule has 0 aliphatic carbocycles. The average molecular weight is 545 g/mol. The number of halogens is 2. The van der Waals surface area contributed by atoms with Gasteiger partial charge >= 0.3 is 0 Å². The number of hydrogen-bond acceptors (Lipinski definition) is 7. The third-order valence-corrected chi connectivity index (χ3v) is 8.67. The highest BCUT2D eigenvalue weighted by molar-refractivity contribution is 7.93. The monoisotopic (exact) mass is 544 g/mol. The van der Waals surface area contributed by atoms with Crippen LogP contribution < -0.4 is 10.5 Å². The Morgan fingerprint density at radius 1 is 1.05 bits per heavy atom. The molecular weight excluding hydrogens is 522 g/mol. The van der Waals surface area contributed by atoms with Crippen LogP contribution in [0.4, 0.5) is 19.6 Å². The van der Waals surface area contributed by atoms with Crippen molar-refractivity contribution in [2.45, 2.75) is 23.3 Å². The van der Waals surface area contributed by atoms with E-state index in [2.05, 4.69) is 9.71 Å². The minimum Gasteiger partial charge on any atom is -0.385 e. The molecule has 12 heteroatoms. The van der Waals surface area contributed by atoms with Gasteiger partial charge in [0.1, 0.15) is 10.4 Å². The van der Waals surface area contributed by atoms with Gasteiger partial charge in [-0.3, -0.25) is 9.52 Å². The van der Waals surface area contributed by atoms with Crippen molar-refractivity contribution < 1.29 is 27.1 Å². The number of para-hydroxylation sites is 1. The van der Waals surface area contributed by atoms with Crippen LogP contribution in [0, 0.1) is 11.6 Å². The van der Waals surface area contributed by atoms with E-state index < -0.39 is 27.3 Å². The molecule has 0 saturated carbocycles. The lowest BCUT2D eigenvalue weighted by atomic mass is 9.84. The van der Waals surface area contributed by atoms with Crippen molar-refractivity contribution in [3.63, 3.8) is 0 Å². The van der Waals surface area contributed by atoms with E-state index in [0.717, 1.165) is 6.07 Å². The summed E-state index contributed by atoms with van der Waals surface area (Å²) in [7, 11) is -3.97. The molecule has 0 unspecified atom stereocenters. The van der Waals surface area contributed by atoms with Crippen LogP contribution >= 0.6 is 11.3 Å². The third-order valence-electron chi connectivity index (χ3n) is 6.40. The molecule has 1 aliphatic heterocycles. The van der Waals surface area contributed by atoms with Crippen LogP contribution in [-0.4, -0.2) is 42.4 Å². The molecular formula is C25H22F2N4O4S2. The number of benzene rings is 3. The molecule has 1 fully saturated rings. The summed E-state index contributed by atoms with van der Waals surface area (Å²) in [5, 5.41) is 11.2. The largest absolute Gasteiger partial charge is 0.385 e. The van der Waals surface area contributed by atoms with E-state index in [4.69, 9.17) is 5.73 Å². The van der Waals surface area contributed by atoms with Gasteiger partial charge in [-0.05, 0) is 55.3 Å². The maximum absolute atomic E-state index is 14.2. The Labute approximate surface area is 215 Å². The van der Waals surface area contributed by atoms with Crippen LogP contribution in [0.1, 0.15) is 28.8 Å². The van der Waals surface area contributed by atoms with E-state index in [9.17, 15) is 27.1 Å². The zero-order valence-electron chi connectivity index (χ0n) is 19.3. The quantitative estimate of drug-likeness (QED) is 0.348. The summed E-state index contributed by atoms with van der Waals surface area (Å²) in [6.07, 6.45) is 0.0906. The third kappa shape index (κ3) is 4.75. The molecule has 37 heavy (non-hydrogen) atoms. The number of sulfonamides is 1. The minimum absolute atomic E-state index is 0.00589. The fourth-order valence-corrected chi connectivity index (χ4v) is 6.49. The second kappa shape index (κ2) is 9.36. The highest BCUT2D eigenvalue weighted by Gasteiger charge is 2.38. The molecule has 2 heterocycles. The Kier molecular flexibility index (Phi) is 6.34. The normalized spacial score (nSPS) is 15.6. The molecule has 0 atom stereocenters. The van der Waals surface area contributed by atoms with Gasteiger partial charge in [-0.1, -0.05) is 29.5 Å². The molecule has 192 valence electrons. The maximum atomic E-state index is 14.2. The first-order chi connectivity index (χ1) is 17.6. The first-order valence-corrected chi connectivity index (χ1v) is 13.6. The number of nitrogens with zero attached hydrogens (tertiary/aromatic N) is 2. The van der Waals surface area contributed by atoms with Gasteiger partial charge in [-0.15, -0.1) is 0 Å². The van der Waals surface area contributed by atoms with Gasteiger partial charge in [0.15, 0.2) is 16.8 Å². The lowest BCUT2D eigenvalue weighted by Crippen LogP contribution is -2.45. The van der Waals surface area contributed by atoms with E-state index >= 15 is 0 Å². The average Bonchev–Trinajstić information content (AvgIpc) is 3.26. The first-order valence-electron chi connectivity index (χ1n) is 11.3. The number of nitrogen functional groups attached to an aromatic ring is 1. The zero-order chi connectivity index (χ0) is 26.4. The number of amides is 1. The Hall–Kier alpha value is -3.61. The molecule has 5 rings (SSSR count). The van der Waals surface area contributed by atoms with Gasteiger partial charge in [-0.2, -0.15) is 0 Å². The van der Waals surface area contributed by atoms with Crippen LogP contribution in [0.5, 0.6) is 0 Å². The van der Waals surface area contributed by atoms with Crippen LogP contribution in [0.25, 0.3) is 10.2 Å². The summed E-state index contributed by atoms with van der Waals surface area (Å²) in [6.45, 7) is 0.279. The van der Waals surface area contributed by atoms with Gasteiger partial charge in [0.05, 0.1) is 10.3 Å². The van der Waals surface area contributed by atoms with Crippen LogP contribution in [-0.2, 0) is 15.6 Å². The lowest BCUT2D eigenvalue weighted by Gasteiger charge is -2.38. The van der Waals surface area contributed by atoms with Crippen molar-refractivity contribution in [3.05, 3.63) is 83.4 Å². The number of hydrogen-bond donors (Lipinski definition) is 3. The molecule has 8 nitrogen and oxygen atoms in total. The lowest BCUT2D eigenvalue weighted by molar-refractivity contribution is -0.0240. The van der Waals surface area contributed by atoms with Crippen molar-refractivity contribution in [2.24, 2.45) is 0 Å². The molecule has 4 N–H and O–H groups in total. The van der Waals surface area contributed by atoms with Crippen molar-refractivity contribution in [2.75, 3.05) is 23.5 Å². The summed E-state index contributed by atoms with van der Waals surface area (Å²) in [4.78, 5) is 18.6. The summed E-state index contributed by atoms with van der Waals surface area (Å²) < 4.78 is 56.9. The smallest absolute Gasteiger partial charge is 0.264 e. The van der Waals surface area contributed by atoms with Gasteiger partial charge < -0.3 is 15.7 Å². The number of fused-ring (bicyclic) bond motifs is 1. The number of carbonyl (C=O) groups is 1. The number of thiazole rings is 1. The van der Waals surface area contributed by atoms with E-state index in [-0.39, 0.29) is 58.6 Å². The molecule has 0 radical (unpaired) electrons. The molecule has 0 bridgehead atoms. The molecule has 1 aliphatic rings. The van der Waals surface area contributed by atoms with Gasteiger partial charge in [0.2, 0.25) is 0 Å². The molecule has 1 amide bonds. The highest BCUT2D eigenvalue weighted by atomic mass is 32.2. The van der Waals surface area contributed by atoms with Crippen LogP contribution in [0.3, 0.4) is 0 Å². The number of aromatic nitrogens is 1.